The van der Waals surface area contributed by atoms with E-state index in [1.165, 1.54) is 7.11 Å². The summed E-state index contributed by atoms with van der Waals surface area (Å²) in [4.78, 5) is 16.2. The molecule has 0 spiro atoms. The quantitative estimate of drug-likeness (QED) is 0.545. The molecule has 98 valence electrons. The van der Waals surface area contributed by atoms with Crippen molar-refractivity contribution < 1.29 is 9.53 Å². The van der Waals surface area contributed by atoms with Gasteiger partial charge >= 0.3 is 5.97 Å². The maximum atomic E-state index is 11.4. The maximum absolute atomic E-state index is 11.4. The number of ether oxygens (including phenoxy) is 1. The molecule has 1 heterocycles. The number of methoxy groups -OCH3 is 1. The first-order valence-corrected chi connectivity index (χ1v) is 6.28. The van der Waals surface area contributed by atoms with E-state index >= 15 is 0 Å². The summed E-state index contributed by atoms with van der Waals surface area (Å²) in [5, 5.41) is 0. The minimum Gasteiger partial charge on any atom is -0.466 e. The van der Waals surface area contributed by atoms with Crippen LogP contribution >= 0.6 is 0 Å². The van der Waals surface area contributed by atoms with Gasteiger partial charge in [0.1, 0.15) is 0 Å². The van der Waals surface area contributed by atoms with Gasteiger partial charge in [0, 0.05) is 37.8 Å². The standard InChI is InChI=1S/C13H24N2O2/c1-5-12(13(16)17-4)6-7-15-9-8-14(3)10-11(15)2/h6,11H,5,7-10H2,1-4H3. The molecule has 1 aliphatic rings. The summed E-state index contributed by atoms with van der Waals surface area (Å²) >= 11 is 0. The molecular weight excluding hydrogens is 216 g/mol. The van der Waals surface area contributed by atoms with Crippen molar-refractivity contribution in [3.8, 4) is 0 Å². The van der Waals surface area contributed by atoms with Crippen molar-refractivity contribution in [1.82, 2.24) is 9.80 Å². The normalized spacial score (nSPS) is 23.8. The average Bonchev–Trinajstić information content (AvgIpc) is 2.31. The fourth-order valence-electron chi connectivity index (χ4n) is 2.18. The molecule has 4 nitrogen and oxygen atoms in total. The molecule has 1 fully saturated rings. The number of carbonyl (C=O) groups excluding carboxylic acids is 1. The Morgan fingerprint density at radius 1 is 1.47 bits per heavy atom. The van der Waals surface area contributed by atoms with Crippen molar-refractivity contribution in [2.75, 3.05) is 40.3 Å². The molecule has 0 saturated carbocycles. The molecule has 0 N–H and O–H groups in total. The Bertz CT molecular complexity index is 289. The number of likely N-dealkylation sites (N-methyl/N-ethyl adjacent to an activating group) is 1. The third-order valence-electron chi connectivity index (χ3n) is 3.37. The lowest BCUT2D eigenvalue weighted by molar-refractivity contribution is -0.136. The predicted molar refractivity (Wildman–Crippen MR) is 68.9 cm³/mol. The van der Waals surface area contributed by atoms with Crippen LogP contribution in [0.15, 0.2) is 11.6 Å². The minimum absolute atomic E-state index is 0.200. The van der Waals surface area contributed by atoms with Crippen molar-refractivity contribution in [3.05, 3.63) is 11.6 Å². The van der Waals surface area contributed by atoms with Crippen molar-refractivity contribution >= 4 is 5.97 Å². The average molecular weight is 240 g/mol. The second-order valence-corrected chi connectivity index (χ2v) is 4.68. The van der Waals surface area contributed by atoms with E-state index in [4.69, 9.17) is 4.74 Å². The fourth-order valence-corrected chi connectivity index (χ4v) is 2.18. The van der Waals surface area contributed by atoms with Gasteiger partial charge in [0.2, 0.25) is 0 Å². The van der Waals surface area contributed by atoms with Crippen LogP contribution in [0, 0.1) is 0 Å². The van der Waals surface area contributed by atoms with E-state index in [1.54, 1.807) is 0 Å². The van der Waals surface area contributed by atoms with Gasteiger partial charge in [0.15, 0.2) is 0 Å². The first kappa shape index (κ1) is 14.2. The largest absolute Gasteiger partial charge is 0.466 e. The summed E-state index contributed by atoms with van der Waals surface area (Å²) in [5.74, 6) is -0.200. The van der Waals surface area contributed by atoms with E-state index in [2.05, 4.69) is 23.8 Å². The van der Waals surface area contributed by atoms with E-state index in [0.29, 0.717) is 6.04 Å². The van der Waals surface area contributed by atoms with Gasteiger partial charge in [0.25, 0.3) is 0 Å². The Balaban J connectivity index is 2.53. The second-order valence-electron chi connectivity index (χ2n) is 4.68. The van der Waals surface area contributed by atoms with Gasteiger partial charge in [-0.25, -0.2) is 4.79 Å². The third kappa shape index (κ3) is 4.13. The number of esters is 1. The Labute approximate surface area is 104 Å². The molecule has 0 radical (unpaired) electrons. The minimum atomic E-state index is -0.200. The van der Waals surface area contributed by atoms with Crippen LogP contribution in [-0.4, -0.2) is 62.1 Å². The summed E-state index contributed by atoms with van der Waals surface area (Å²) in [5.41, 5.74) is 0.777. The Morgan fingerprint density at radius 2 is 2.18 bits per heavy atom. The zero-order valence-electron chi connectivity index (χ0n) is 11.4. The molecule has 0 aromatic heterocycles. The van der Waals surface area contributed by atoms with Crippen LogP contribution in [0.3, 0.4) is 0 Å². The molecule has 1 aliphatic heterocycles. The number of nitrogens with zero attached hydrogens (tertiary/aromatic N) is 2. The molecule has 1 saturated heterocycles. The predicted octanol–water partition coefficient (Wildman–Crippen LogP) is 1.13. The molecule has 0 aliphatic carbocycles. The summed E-state index contributed by atoms with van der Waals surface area (Å²) in [6.45, 7) is 8.30. The summed E-state index contributed by atoms with van der Waals surface area (Å²) in [6.07, 6.45) is 2.74. The highest BCUT2D eigenvalue weighted by molar-refractivity contribution is 5.88. The lowest BCUT2D eigenvalue weighted by atomic mass is 10.1. The molecule has 17 heavy (non-hydrogen) atoms. The van der Waals surface area contributed by atoms with Crippen LogP contribution in [0.1, 0.15) is 20.3 Å². The highest BCUT2D eigenvalue weighted by Crippen LogP contribution is 2.09. The van der Waals surface area contributed by atoms with Crippen LogP contribution in [-0.2, 0) is 9.53 Å². The first-order valence-electron chi connectivity index (χ1n) is 6.28. The number of rotatable bonds is 4. The van der Waals surface area contributed by atoms with Gasteiger partial charge in [-0.05, 0) is 20.4 Å². The Hall–Kier alpha value is -0.870. The van der Waals surface area contributed by atoms with Crippen molar-refractivity contribution in [1.29, 1.82) is 0 Å². The highest BCUT2D eigenvalue weighted by atomic mass is 16.5. The number of carbonyl (C=O) groups is 1. The number of piperazine rings is 1. The molecular formula is C13H24N2O2. The van der Waals surface area contributed by atoms with Crippen molar-refractivity contribution in [3.63, 3.8) is 0 Å². The topological polar surface area (TPSA) is 32.8 Å². The van der Waals surface area contributed by atoms with Gasteiger partial charge in [0.05, 0.1) is 7.11 Å². The molecule has 1 unspecified atom stereocenters. The van der Waals surface area contributed by atoms with Crippen molar-refractivity contribution in [2.24, 2.45) is 0 Å². The molecule has 0 aromatic rings. The first-order chi connectivity index (χ1) is 8.08. The van der Waals surface area contributed by atoms with Crippen LogP contribution < -0.4 is 0 Å². The Morgan fingerprint density at radius 3 is 2.71 bits per heavy atom. The molecule has 0 bridgehead atoms. The lowest BCUT2D eigenvalue weighted by Gasteiger charge is -2.37. The van der Waals surface area contributed by atoms with Crippen LogP contribution in [0.4, 0.5) is 0 Å². The molecule has 1 rings (SSSR count). The van der Waals surface area contributed by atoms with E-state index in [9.17, 15) is 4.79 Å². The van der Waals surface area contributed by atoms with Gasteiger partial charge in [-0.3, -0.25) is 4.90 Å². The zero-order chi connectivity index (χ0) is 12.8. The number of hydrogen-bond acceptors (Lipinski definition) is 4. The van der Waals surface area contributed by atoms with Crippen LogP contribution in [0.25, 0.3) is 0 Å². The smallest absolute Gasteiger partial charge is 0.333 e. The van der Waals surface area contributed by atoms with Crippen molar-refractivity contribution in [2.45, 2.75) is 26.3 Å². The molecule has 4 heteroatoms. The summed E-state index contributed by atoms with van der Waals surface area (Å²) in [7, 11) is 3.58. The summed E-state index contributed by atoms with van der Waals surface area (Å²) in [6, 6.07) is 0.542. The zero-order valence-corrected chi connectivity index (χ0v) is 11.4. The molecule has 1 atom stereocenters. The third-order valence-corrected chi connectivity index (χ3v) is 3.37. The number of hydrogen-bond donors (Lipinski definition) is 0. The van der Waals surface area contributed by atoms with Gasteiger partial charge in [-0.2, -0.15) is 0 Å². The second kappa shape index (κ2) is 6.77. The fraction of sp³-hybridized carbons (Fsp3) is 0.769. The maximum Gasteiger partial charge on any atom is 0.333 e. The summed E-state index contributed by atoms with van der Waals surface area (Å²) < 4.78 is 4.75. The molecule has 0 amide bonds. The van der Waals surface area contributed by atoms with E-state index in [1.807, 2.05) is 13.0 Å². The highest BCUT2D eigenvalue weighted by Gasteiger charge is 2.20. The monoisotopic (exact) mass is 240 g/mol. The SMILES string of the molecule is CCC(=CCN1CCN(C)CC1C)C(=O)OC. The van der Waals surface area contributed by atoms with E-state index in [-0.39, 0.29) is 5.97 Å². The van der Waals surface area contributed by atoms with Gasteiger partial charge in [-0.15, -0.1) is 0 Å². The van der Waals surface area contributed by atoms with Crippen LogP contribution in [0.2, 0.25) is 0 Å². The van der Waals surface area contributed by atoms with E-state index < -0.39 is 0 Å². The van der Waals surface area contributed by atoms with Crippen LogP contribution in [0.5, 0.6) is 0 Å². The Kier molecular flexibility index (Phi) is 5.65. The van der Waals surface area contributed by atoms with Gasteiger partial charge in [-0.1, -0.05) is 13.0 Å². The van der Waals surface area contributed by atoms with Gasteiger partial charge < -0.3 is 9.64 Å². The lowest BCUT2D eigenvalue weighted by Crippen LogP contribution is -2.50. The van der Waals surface area contributed by atoms with E-state index in [0.717, 1.165) is 38.2 Å². The molecule has 0 aromatic carbocycles.